The standard InChI is InChI=1S/C56H80S4/c1-5-7-9-11-13-15-17-19-21-23-25-27-29-31-33-45-39-43(3)57-55(45)53-41-49-47-36-38-52-50(48(47)35-37-51(49)59-53)42-54(60-52)56-46(40-44(4)58-56)34-32-30-28-26-24-22-20-18-16-14-12-10-8-6-2/h35-42H,5-34H2,1-4H3. The smallest absolute Gasteiger partial charge is 0.0477 e. The van der Waals surface area contributed by atoms with Crippen LogP contribution < -0.4 is 0 Å². The molecule has 0 spiro atoms. The van der Waals surface area contributed by atoms with Gasteiger partial charge in [0, 0.05) is 49.4 Å². The Bertz CT molecular complexity index is 1950. The maximum atomic E-state index is 2.53. The molecule has 4 heterocycles. The summed E-state index contributed by atoms with van der Waals surface area (Å²) in [6.07, 6.45) is 42.2. The zero-order valence-electron chi connectivity index (χ0n) is 38.5. The zero-order valence-corrected chi connectivity index (χ0v) is 41.7. The number of benzene rings is 2. The van der Waals surface area contributed by atoms with Gasteiger partial charge in [-0.15, -0.1) is 45.3 Å². The molecule has 60 heavy (non-hydrogen) atoms. The first kappa shape index (κ1) is 47.5. The molecule has 0 fully saturated rings. The summed E-state index contributed by atoms with van der Waals surface area (Å²) in [5, 5.41) is 5.69. The Hall–Kier alpha value is -1.98. The average Bonchev–Trinajstić information content (AvgIpc) is 4.05. The van der Waals surface area contributed by atoms with Crippen LogP contribution in [0.3, 0.4) is 0 Å². The van der Waals surface area contributed by atoms with E-state index in [2.05, 4.69) is 76.2 Å². The summed E-state index contributed by atoms with van der Waals surface area (Å²) in [6, 6.07) is 19.7. The Morgan fingerprint density at radius 2 is 0.617 bits per heavy atom. The van der Waals surface area contributed by atoms with Crippen LogP contribution in [0, 0.1) is 13.8 Å². The van der Waals surface area contributed by atoms with Crippen molar-refractivity contribution in [2.75, 3.05) is 0 Å². The van der Waals surface area contributed by atoms with Crippen LogP contribution in [0.15, 0.2) is 48.5 Å². The van der Waals surface area contributed by atoms with Crippen molar-refractivity contribution in [3.05, 3.63) is 69.4 Å². The number of aryl methyl sites for hydroxylation is 4. The van der Waals surface area contributed by atoms with Gasteiger partial charge in [0.25, 0.3) is 0 Å². The number of unbranched alkanes of at least 4 members (excludes halogenated alkanes) is 26. The first-order valence-corrected chi connectivity index (χ1v) is 28.4. The van der Waals surface area contributed by atoms with E-state index in [1.165, 1.54) is 253 Å². The van der Waals surface area contributed by atoms with E-state index < -0.39 is 0 Å². The number of hydrogen-bond donors (Lipinski definition) is 0. The van der Waals surface area contributed by atoms with Crippen molar-refractivity contribution in [2.24, 2.45) is 0 Å². The molecular formula is C56H80S4. The lowest BCUT2D eigenvalue weighted by molar-refractivity contribution is 0.535. The highest BCUT2D eigenvalue weighted by Gasteiger charge is 2.17. The molecule has 0 amide bonds. The molecule has 0 radical (unpaired) electrons. The van der Waals surface area contributed by atoms with Gasteiger partial charge in [-0.1, -0.05) is 193 Å². The van der Waals surface area contributed by atoms with E-state index in [4.69, 9.17) is 0 Å². The SMILES string of the molecule is CCCCCCCCCCCCCCCCc1cc(C)sc1-c1cc2c(ccc3c4cc(-c5sc(C)cc5CCCCCCCCCCCCCCCC)sc4ccc23)s1. The van der Waals surface area contributed by atoms with Crippen molar-refractivity contribution >= 4 is 76.3 Å². The van der Waals surface area contributed by atoms with Crippen LogP contribution in [-0.4, -0.2) is 0 Å². The molecule has 0 nitrogen and oxygen atoms in total. The topological polar surface area (TPSA) is 0 Å². The van der Waals surface area contributed by atoms with Crippen molar-refractivity contribution in [3.8, 4) is 19.5 Å². The van der Waals surface area contributed by atoms with Crippen LogP contribution in [0.2, 0.25) is 0 Å². The van der Waals surface area contributed by atoms with Gasteiger partial charge in [-0.25, -0.2) is 0 Å². The van der Waals surface area contributed by atoms with E-state index in [9.17, 15) is 0 Å². The molecule has 0 N–H and O–H groups in total. The van der Waals surface area contributed by atoms with Crippen LogP contribution in [0.4, 0.5) is 0 Å². The number of thiophene rings is 4. The highest BCUT2D eigenvalue weighted by atomic mass is 32.1. The Kier molecular flexibility index (Phi) is 21.1. The predicted molar refractivity (Wildman–Crippen MR) is 279 cm³/mol. The molecule has 6 rings (SSSR count). The lowest BCUT2D eigenvalue weighted by Gasteiger charge is -2.04. The third-order valence-corrected chi connectivity index (χ3v) is 17.9. The molecule has 6 aromatic rings. The molecule has 0 atom stereocenters. The normalized spacial score (nSPS) is 12.0. The average molecular weight is 882 g/mol. The molecule has 0 unspecified atom stereocenters. The summed E-state index contributed by atoms with van der Waals surface area (Å²) in [6.45, 7) is 9.22. The van der Waals surface area contributed by atoms with Crippen molar-refractivity contribution < 1.29 is 0 Å². The predicted octanol–water partition coefficient (Wildman–Crippen LogP) is 21.4. The molecule has 0 bridgehead atoms. The third kappa shape index (κ3) is 14.5. The van der Waals surface area contributed by atoms with Gasteiger partial charge in [0.1, 0.15) is 0 Å². The Balaban J connectivity index is 0.982. The fourth-order valence-electron chi connectivity index (χ4n) is 9.61. The van der Waals surface area contributed by atoms with Crippen LogP contribution in [0.1, 0.15) is 215 Å². The molecule has 4 heteroatoms. The summed E-state index contributed by atoms with van der Waals surface area (Å²) < 4.78 is 2.84. The van der Waals surface area contributed by atoms with E-state index in [1.54, 1.807) is 11.1 Å². The van der Waals surface area contributed by atoms with Gasteiger partial charge in [0.05, 0.1) is 0 Å². The summed E-state index contributed by atoms with van der Waals surface area (Å²) in [4.78, 5) is 8.87. The Morgan fingerprint density at radius 3 is 0.933 bits per heavy atom. The van der Waals surface area contributed by atoms with E-state index in [-0.39, 0.29) is 0 Å². The summed E-state index contributed by atoms with van der Waals surface area (Å²) in [5.74, 6) is 0. The molecule has 328 valence electrons. The van der Waals surface area contributed by atoms with Gasteiger partial charge in [0.15, 0.2) is 0 Å². The molecular weight excluding hydrogens is 801 g/mol. The Labute approximate surface area is 383 Å². The lowest BCUT2D eigenvalue weighted by atomic mass is 10.0. The van der Waals surface area contributed by atoms with Crippen molar-refractivity contribution in [1.82, 2.24) is 0 Å². The quantitative estimate of drug-likeness (QED) is 0.0370. The maximum Gasteiger partial charge on any atom is 0.0477 e. The summed E-state index contributed by atoms with van der Waals surface area (Å²) >= 11 is 8.02. The molecule has 0 saturated heterocycles. The molecule has 2 aromatic carbocycles. The van der Waals surface area contributed by atoms with Gasteiger partial charge in [0.2, 0.25) is 0 Å². The van der Waals surface area contributed by atoms with Crippen molar-refractivity contribution in [2.45, 2.75) is 220 Å². The molecule has 0 aliphatic carbocycles. The second kappa shape index (κ2) is 26.6. The van der Waals surface area contributed by atoms with Gasteiger partial charge < -0.3 is 0 Å². The fraction of sp³-hybridized carbons (Fsp3) is 0.607. The van der Waals surface area contributed by atoms with Gasteiger partial charge >= 0.3 is 0 Å². The summed E-state index contributed by atoms with van der Waals surface area (Å²) in [7, 11) is 0. The minimum absolute atomic E-state index is 1.22. The monoisotopic (exact) mass is 881 g/mol. The largest absolute Gasteiger partial charge is 0.139 e. The van der Waals surface area contributed by atoms with E-state index in [0.717, 1.165) is 0 Å². The van der Waals surface area contributed by atoms with E-state index >= 15 is 0 Å². The number of hydrogen-bond acceptors (Lipinski definition) is 4. The summed E-state index contributed by atoms with van der Waals surface area (Å²) in [5.41, 5.74) is 3.15. The molecule has 0 aliphatic rings. The molecule has 4 aromatic heterocycles. The third-order valence-electron chi connectivity index (χ3n) is 13.1. The lowest BCUT2D eigenvalue weighted by Crippen LogP contribution is -1.87. The zero-order chi connectivity index (χ0) is 41.8. The van der Waals surface area contributed by atoms with Crippen LogP contribution in [0.5, 0.6) is 0 Å². The Morgan fingerprint density at radius 1 is 0.317 bits per heavy atom. The van der Waals surface area contributed by atoms with E-state index in [1.807, 2.05) is 45.3 Å². The van der Waals surface area contributed by atoms with Crippen LogP contribution in [-0.2, 0) is 12.8 Å². The van der Waals surface area contributed by atoms with Crippen molar-refractivity contribution in [3.63, 3.8) is 0 Å². The maximum absolute atomic E-state index is 2.53. The second-order valence-electron chi connectivity index (χ2n) is 18.4. The van der Waals surface area contributed by atoms with Gasteiger partial charge in [-0.05, 0) is 97.8 Å². The van der Waals surface area contributed by atoms with Crippen LogP contribution in [0.25, 0.3) is 50.5 Å². The van der Waals surface area contributed by atoms with Gasteiger partial charge in [-0.3, -0.25) is 0 Å². The minimum Gasteiger partial charge on any atom is -0.139 e. The molecule has 0 aliphatic heterocycles. The number of rotatable bonds is 32. The van der Waals surface area contributed by atoms with Crippen LogP contribution >= 0.6 is 45.3 Å². The minimum atomic E-state index is 1.22. The first-order chi connectivity index (χ1) is 29.6. The highest BCUT2D eigenvalue weighted by molar-refractivity contribution is 7.27. The second-order valence-corrected chi connectivity index (χ2v) is 23.1. The highest BCUT2D eigenvalue weighted by Crippen LogP contribution is 2.46. The van der Waals surface area contributed by atoms with Crippen molar-refractivity contribution in [1.29, 1.82) is 0 Å². The number of fused-ring (bicyclic) bond motifs is 5. The molecule has 0 saturated carbocycles. The first-order valence-electron chi connectivity index (χ1n) is 25.1. The fourth-order valence-corrected chi connectivity index (χ4v) is 14.2. The van der Waals surface area contributed by atoms with E-state index in [0.29, 0.717) is 0 Å². The van der Waals surface area contributed by atoms with Gasteiger partial charge in [-0.2, -0.15) is 0 Å².